The molecule has 0 fully saturated rings. The number of ether oxygens (including phenoxy) is 1. The van der Waals surface area contributed by atoms with Crippen LogP contribution in [-0.2, 0) is 17.9 Å². The van der Waals surface area contributed by atoms with E-state index < -0.39 is 0 Å². The number of unbranched alkanes of at least 4 members (excludes halogenated alkanes) is 1. The second-order valence-electron chi connectivity index (χ2n) is 6.00. The number of H-pyrrole nitrogens is 1. The highest BCUT2D eigenvalue weighted by Crippen LogP contribution is 2.21. The van der Waals surface area contributed by atoms with Crippen LogP contribution in [0.5, 0.6) is 6.01 Å². The van der Waals surface area contributed by atoms with Gasteiger partial charge in [0.2, 0.25) is 11.4 Å². The van der Waals surface area contributed by atoms with Crippen LogP contribution in [0.2, 0.25) is 0 Å². The molecule has 136 valence electrons. The highest BCUT2D eigenvalue weighted by atomic mass is 32.1. The van der Waals surface area contributed by atoms with Gasteiger partial charge in [0.05, 0.1) is 18.7 Å². The fraction of sp³-hybridized carbons (Fsp3) is 0.389. The van der Waals surface area contributed by atoms with Gasteiger partial charge in [0.1, 0.15) is 5.52 Å². The Morgan fingerprint density at radius 2 is 2.31 bits per heavy atom. The molecule has 0 aromatic carbocycles. The summed E-state index contributed by atoms with van der Waals surface area (Å²) < 4.78 is 7.14. The number of rotatable bonds is 6. The monoisotopic (exact) mass is 372 g/mol. The van der Waals surface area contributed by atoms with Gasteiger partial charge in [-0.25, -0.2) is 4.79 Å². The number of fused-ring (bicyclic) bond motifs is 1. The molecule has 0 radical (unpaired) electrons. The fourth-order valence-electron chi connectivity index (χ4n) is 2.73. The van der Waals surface area contributed by atoms with Gasteiger partial charge < -0.3 is 15.5 Å². The molecule has 3 N–H and O–H groups in total. The van der Waals surface area contributed by atoms with Crippen molar-refractivity contribution in [3.05, 3.63) is 39.9 Å². The van der Waals surface area contributed by atoms with Gasteiger partial charge in [0, 0.05) is 6.42 Å². The van der Waals surface area contributed by atoms with E-state index in [1.54, 1.807) is 15.9 Å². The van der Waals surface area contributed by atoms with Crippen molar-refractivity contribution in [3.63, 3.8) is 0 Å². The predicted molar refractivity (Wildman–Crippen MR) is 107 cm³/mol. The van der Waals surface area contributed by atoms with E-state index in [9.17, 15) is 4.79 Å². The van der Waals surface area contributed by atoms with Gasteiger partial charge in [-0.3, -0.25) is 4.57 Å². The predicted octanol–water partition coefficient (Wildman–Crippen LogP) is 1.81. The summed E-state index contributed by atoms with van der Waals surface area (Å²) in [4.78, 5) is 23.7. The third-order valence-corrected chi connectivity index (χ3v) is 4.47. The third-order valence-electron chi connectivity index (χ3n) is 4.00. The fourth-order valence-corrected chi connectivity index (χ4v) is 3.13. The molecule has 0 amide bonds. The van der Waals surface area contributed by atoms with Crippen molar-refractivity contribution in [2.45, 2.75) is 32.7 Å². The number of hydrogen-bond donors (Lipinski definition) is 2. The number of allylic oxidation sites excluding steroid dienone is 5. The minimum Gasteiger partial charge on any atom is -0.463 e. The topological polar surface area (TPSA) is 98.8 Å². The summed E-state index contributed by atoms with van der Waals surface area (Å²) in [5.74, 6) is 0.214. The number of nitrogens with one attached hydrogen (secondary N) is 1. The van der Waals surface area contributed by atoms with Crippen molar-refractivity contribution in [1.29, 1.82) is 0 Å². The molecule has 0 atom stereocenters. The maximum absolute atomic E-state index is 12.4. The van der Waals surface area contributed by atoms with Crippen molar-refractivity contribution < 1.29 is 4.74 Å². The SMILES string of the molecule is CCCCOc1nc(N)c2[nH]c(=O)n(CC3=CC=CC(=C=[S+]C)C3)c2n1. The smallest absolute Gasteiger partial charge is 0.328 e. The summed E-state index contributed by atoms with van der Waals surface area (Å²) in [5, 5.41) is 3.24. The normalized spacial score (nSPS) is 13.6. The van der Waals surface area contributed by atoms with Crippen LogP contribution < -0.4 is 16.2 Å². The van der Waals surface area contributed by atoms with Gasteiger partial charge >= 0.3 is 11.7 Å². The molecule has 7 nitrogen and oxygen atoms in total. The molecule has 3 rings (SSSR count). The van der Waals surface area contributed by atoms with E-state index >= 15 is 0 Å². The number of nitrogens with zero attached hydrogens (tertiary/aromatic N) is 3. The minimum atomic E-state index is -0.262. The van der Waals surface area contributed by atoms with Gasteiger partial charge in [0.25, 0.3) is 0 Å². The van der Waals surface area contributed by atoms with Gasteiger partial charge in [-0.1, -0.05) is 25.5 Å². The summed E-state index contributed by atoms with van der Waals surface area (Å²) >= 11 is 1.54. The number of imidazole rings is 1. The van der Waals surface area contributed by atoms with E-state index in [1.807, 2.05) is 24.5 Å². The summed E-state index contributed by atoms with van der Waals surface area (Å²) in [5.41, 5.74) is 8.81. The van der Waals surface area contributed by atoms with E-state index in [4.69, 9.17) is 10.5 Å². The second kappa shape index (κ2) is 8.12. The van der Waals surface area contributed by atoms with E-state index in [2.05, 4.69) is 26.9 Å². The zero-order valence-electron chi connectivity index (χ0n) is 14.9. The summed E-state index contributed by atoms with van der Waals surface area (Å²) in [6, 6.07) is 0.199. The Morgan fingerprint density at radius 3 is 3.08 bits per heavy atom. The van der Waals surface area contributed by atoms with Crippen LogP contribution in [-0.4, -0.2) is 37.4 Å². The van der Waals surface area contributed by atoms with Crippen molar-refractivity contribution in [2.24, 2.45) is 0 Å². The lowest BCUT2D eigenvalue weighted by Gasteiger charge is -2.10. The van der Waals surface area contributed by atoms with Crippen LogP contribution in [0.25, 0.3) is 11.2 Å². The number of nitrogen functional groups attached to an aromatic ring is 1. The Balaban J connectivity index is 1.94. The standard InChI is InChI=1S/C18H21N5O2S/c1-3-4-8-25-17-21-15(19)14-16(22-17)23(18(24)20-14)10-12-6-5-7-13(9-12)11-26-2/h5-7H,3-4,8-10H2,1-2H3,(H2-,19,20,21,22,24)/p+1. The first-order valence-corrected chi connectivity index (χ1v) is 9.74. The van der Waals surface area contributed by atoms with Crippen LogP contribution in [0.3, 0.4) is 0 Å². The molecule has 0 saturated heterocycles. The van der Waals surface area contributed by atoms with Crippen LogP contribution in [0, 0.1) is 0 Å². The van der Waals surface area contributed by atoms with E-state index in [-0.39, 0.29) is 17.5 Å². The molecular weight excluding hydrogens is 350 g/mol. The highest BCUT2D eigenvalue weighted by Gasteiger charge is 2.16. The van der Waals surface area contributed by atoms with Crippen molar-refractivity contribution in [2.75, 3.05) is 18.6 Å². The summed E-state index contributed by atoms with van der Waals surface area (Å²) in [7, 11) is 0. The Morgan fingerprint density at radius 1 is 1.46 bits per heavy atom. The van der Waals surface area contributed by atoms with Crippen molar-refractivity contribution in [1.82, 2.24) is 19.5 Å². The van der Waals surface area contributed by atoms with E-state index in [1.165, 1.54) is 0 Å². The average molecular weight is 372 g/mol. The van der Waals surface area contributed by atoms with Crippen LogP contribution in [0.15, 0.2) is 34.2 Å². The Hall–Kier alpha value is -2.70. The van der Waals surface area contributed by atoms with Gasteiger partial charge in [-0.05, 0) is 18.1 Å². The lowest BCUT2D eigenvalue weighted by atomic mass is 10.0. The quantitative estimate of drug-likeness (QED) is 0.458. The molecule has 0 aliphatic heterocycles. The maximum Gasteiger partial charge on any atom is 0.328 e. The summed E-state index contributed by atoms with van der Waals surface area (Å²) in [6.45, 7) is 3.02. The van der Waals surface area contributed by atoms with E-state index in [0.29, 0.717) is 24.3 Å². The van der Waals surface area contributed by atoms with Gasteiger partial charge in [-0.2, -0.15) is 9.97 Å². The molecule has 0 spiro atoms. The molecule has 8 heteroatoms. The third kappa shape index (κ3) is 3.92. The molecule has 26 heavy (non-hydrogen) atoms. The lowest BCUT2D eigenvalue weighted by Crippen LogP contribution is -2.19. The van der Waals surface area contributed by atoms with E-state index in [0.717, 1.165) is 30.4 Å². The maximum atomic E-state index is 12.4. The van der Waals surface area contributed by atoms with Crippen LogP contribution in [0.4, 0.5) is 5.82 Å². The molecule has 1 aliphatic carbocycles. The second-order valence-corrected chi connectivity index (χ2v) is 6.61. The number of anilines is 1. The summed E-state index contributed by atoms with van der Waals surface area (Å²) in [6.07, 6.45) is 10.6. The molecular formula is C18H22N5O2S+. The largest absolute Gasteiger partial charge is 0.463 e. The highest BCUT2D eigenvalue weighted by molar-refractivity contribution is 7.76. The molecule has 0 bridgehead atoms. The first-order chi connectivity index (χ1) is 12.6. The van der Waals surface area contributed by atoms with Crippen LogP contribution in [0.1, 0.15) is 26.2 Å². The van der Waals surface area contributed by atoms with Gasteiger partial charge in [-0.15, -0.1) is 0 Å². The number of aromatic amines is 1. The van der Waals surface area contributed by atoms with Crippen molar-refractivity contribution >= 4 is 33.4 Å². The van der Waals surface area contributed by atoms with Crippen LogP contribution >= 0.6 is 0 Å². The number of aromatic nitrogens is 4. The Labute approximate surface area is 155 Å². The molecule has 2 heterocycles. The molecule has 2 aromatic rings. The molecule has 0 unspecified atom stereocenters. The molecule has 1 aliphatic rings. The number of hydrogen-bond acceptors (Lipinski definition) is 5. The first kappa shape index (κ1) is 18.1. The lowest BCUT2D eigenvalue weighted by molar-refractivity contribution is 0.286. The minimum absolute atomic E-state index is 0.199. The molecule has 0 saturated carbocycles. The Bertz CT molecular complexity index is 993. The van der Waals surface area contributed by atoms with Crippen molar-refractivity contribution in [3.8, 4) is 6.01 Å². The zero-order chi connectivity index (χ0) is 18.5. The molecule has 2 aromatic heterocycles. The first-order valence-electron chi connectivity index (χ1n) is 8.52. The zero-order valence-corrected chi connectivity index (χ0v) is 15.7. The Kier molecular flexibility index (Phi) is 5.65. The van der Waals surface area contributed by atoms with Gasteiger partial charge in [0.15, 0.2) is 22.7 Å². The average Bonchev–Trinajstić information content (AvgIpc) is 2.93. The number of nitrogens with two attached hydrogens (primary N) is 1.